The first-order chi connectivity index (χ1) is 15.1. The van der Waals surface area contributed by atoms with Crippen LogP contribution in [0.2, 0.25) is 0 Å². The Bertz CT molecular complexity index is 1360. The maximum absolute atomic E-state index is 12.7. The van der Waals surface area contributed by atoms with Crippen molar-refractivity contribution in [1.82, 2.24) is 29.5 Å². The van der Waals surface area contributed by atoms with Crippen molar-refractivity contribution < 1.29 is 9.21 Å². The zero-order valence-electron chi connectivity index (χ0n) is 16.9. The molecule has 0 spiro atoms. The number of pyridine rings is 1. The quantitative estimate of drug-likeness (QED) is 0.434. The van der Waals surface area contributed by atoms with Crippen molar-refractivity contribution in [3.8, 4) is 22.6 Å². The topological polar surface area (TPSA) is 104 Å². The fraction of sp³-hybridized carbons (Fsp3) is 0.190. The van der Waals surface area contributed by atoms with Crippen LogP contribution in [0, 0.1) is 6.92 Å². The molecule has 5 aromatic heterocycles. The highest BCUT2D eigenvalue weighted by atomic mass is 32.1. The maximum atomic E-state index is 12.7. The Morgan fingerprint density at radius 1 is 1.32 bits per heavy atom. The van der Waals surface area contributed by atoms with Gasteiger partial charge in [0.2, 0.25) is 5.91 Å². The summed E-state index contributed by atoms with van der Waals surface area (Å²) in [6, 6.07) is 5.62. The van der Waals surface area contributed by atoms with Crippen molar-refractivity contribution in [2.75, 3.05) is 5.32 Å². The van der Waals surface area contributed by atoms with Gasteiger partial charge in [0.1, 0.15) is 12.3 Å². The van der Waals surface area contributed by atoms with Gasteiger partial charge in [0, 0.05) is 35.4 Å². The summed E-state index contributed by atoms with van der Waals surface area (Å²) < 4.78 is 8.98. The van der Waals surface area contributed by atoms with Crippen molar-refractivity contribution in [2.45, 2.75) is 26.9 Å². The molecular weight excluding hydrogens is 414 g/mol. The molecule has 10 heteroatoms. The molecule has 0 aliphatic carbocycles. The minimum absolute atomic E-state index is 0.0294. The fourth-order valence-corrected chi connectivity index (χ4v) is 4.19. The summed E-state index contributed by atoms with van der Waals surface area (Å²) in [5.41, 5.74) is 4.02. The van der Waals surface area contributed by atoms with E-state index >= 15 is 0 Å². The van der Waals surface area contributed by atoms with Gasteiger partial charge in [-0.1, -0.05) is 0 Å². The molecule has 9 nitrogen and oxygen atoms in total. The number of aryl methyl sites for hydroxylation is 2. The zero-order valence-corrected chi connectivity index (χ0v) is 17.8. The Morgan fingerprint density at radius 2 is 2.23 bits per heavy atom. The average molecular weight is 433 g/mol. The van der Waals surface area contributed by atoms with Gasteiger partial charge in [-0.05, 0) is 32.0 Å². The van der Waals surface area contributed by atoms with Crippen LogP contribution in [0.4, 0.5) is 5.13 Å². The number of fused-ring (bicyclic) bond motifs is 1. The molecule has 0 aliphatic heterocycles. The Labute approximate surface area is 181 Å². The van der Waals surface area contributed by atoms with Crippen LogP contribution in [0.15, 0.2) is 52.9 Å². The predicted octanol–water partition coefficient (Wildman–Crippen LogP) is 3.98. The highest BCUT2D eigenvalue weighted by molar-refractivity contribution is 7.14. The summed E-state index contributed by atoms with van der Waals surface area (Å²) in [6.45, 7) is 4.74. The summed E-state index contributed by atoms with van der Waals surface area (Å²) >= 11 is 1.37. The number of rotatable bonds is 6. The van der Waals surface area contributed by atoms with Gasteiger partial charge in [0.05, 0.1) is 29.2 Å². The third-order valence-electron chi connectivity index (χ3n) is 4.89. The summed E-state index contributed by atoms with van der Waals surface area (Å²) in [6.07, 6.45) is 7.02. The molecule has 0 atom stereocenters. The number of carbonyl (C=O) groups excluding carboxylic acids is 1. The van der Waals surface area contributed by atoms with E-state index in [1.807, 2.05) is 48.3 Å². The number of nitrogens with one attached hydrogen (secondary N) is 1. The van der Waals surface area contributed by atoms with Crippen molar-refractivity contribution in [3.63, 3.8) is 0 Å². The van der Waals surface area contributed by atoms with Crippen LogP contribution in [0.25, 0.3) is 33.6 Å². The van der Waals surface area contributed by atoms with E-state index in [0.29, 0.717) is 10.8 Å². The molecule has 0 unspecified atom stereocenters. The van der Waals surface area contributed by atoms with Gasteiger partial charge < -0.3 is 9.73 Å². The van der Waals surface area contributed by atoms with Crippen LogP contribution in [0.3, 0.4) is 0 Å². The normalized spacial score (nSPS) is 11.3. The van der Waals surface area contributed by atoms with Gasteiger partial charge in [0.15, 0.2) is 10.8 Å². The smallest absolute Gasteiger partial charge is 0.247 e. The lowest BCUT2D eigenvalue weighted by Crippen LogP contribution is -2.19. The van der Waals surface area contributed by atoms with Crippen molar-refractivity contribution >= 4 is 33.4 Å². The summed E-state index contributed by atoms with van der Waals surface area (Å²) in [5, 5.41) is 14.9. The Kier molecular flexibility index (Phi) is 4.83. The van der Waals surface area contributed by atoms with E-state index in [1.54, 1.807) is 23.3 Å². The van der Waals surface area contributed by atoms with Crippen LogP contribution in [0.5, 0.6) is 0 Å². The molecule has 5 heterocycles. The van der Waals surface area contributed by atoms with E-state index in [1.165, 1.54) is 11.3 Å². The van der Waals surface area contributed by atoms with Crippen LogP contribution >= 0.6 is 11.3 Å². The molecule has 31 heavy (non-hydrogen) atoms. The highest BCUT2D eigenvalue weighted by Crippen LogP contribution is 2.30. The van der Waals surface area contributed by atoms with E-state index in [-0.39, 0.29) is 12.5 Å². The lowest BCUT2D eigenvalue weighted by Gasteiger charge is -2.04. The van der Waals surface area contributed by atoms with Crippen LogP contribution < -0.4 is 5.32 Å². The standard InChI is InChI=1S/C21H19N7O2S/c1-3-27-10-14(9-23-27)16-12-31-21(24-16)25-18(29)11-28-20-19(13(2)26-28)15(6-7-22-20)17-5-4-8-30-17/h4-10,12H,3,11H2,1-2H3,(H,24,25,29). The number of nitrogens with zero attached hydrogens (tertiary/aromatic N) is 6. The van der Waals surface area contributed by atoms with Gasteiger partial charge in [-0.3, -0.25) is 9.48 Å². The molecule has 0 saturated carbocycles. The Hall–Kier alpha value is -3.79. The second-order valence-electron chi connectivity index (χ2n) is 6.95. The first kappa shape index (κ1) is 19.2. The number of amides is 1. The Balaban J connectivity index is 1.36. The highest BCUT2D eigenvalue weighted by Gasteiger charge is 2.17. The molecule has 1 amide bonds. The second kappa shape index (κ2) is 7.80. The van der Waals surface area contributed by atoms with E-state index in [0.717, 1.165) is 40.2 Å². The number of anilines is 1. The minimum Gasteiger partial charge on any atom is -0.464 e. The number of hydrogen-bond donors (Lipinski definition) is 1. The first-order valence-electron chi connectivity index (χ1n) is 9.76. The molecule has 0 saturated heterocycles. The first-order valence-corrected chi connectivity index (χ1v) is 10.6. The van der Waals surface area contributed by atoms with Gasteiger partial charge in [-0.25, -0.2) is 14.6 Å². The van der Waals surface area contributed by atoms with Crippen molar-refractivity contribution in [3.05, 3.63) is 54.1 Å². The lowest BCUT2D eigenvalue weighted by atomic mass is 10.1. The van der Waals surface area contributed by atoms with Crippen LogP contribution in [0.1, 0.15) is 12.6 Å². The van der Waals surface area contributed by atoms with E-state index in [9.17, 15) is 4.79 Å². The van der Waals surface area contributed by atoms with Crippen LogP contribution in [-0.4, -0.2) is 35.4 Å². The number of carbonyl (C=O) groups is 1. The Morgan fingerprint density at radius 3 is 3.00 bits per heavy atom. The van der Waals surface area contributed by atoms with E-state index in [2.05, 4.69) is 25.5 Å². The number of hydrogen-bond acceptors (Lipinski definition) is 7. The monoisotopic (exact) mass is 433 g/mol. The molecule has 1 N–H and O–H groups in total. The minimum atomic E-state index is -0.222. The number of thiazole rings is 1. The third-order valence-corrected chi connectivity index (χ3v) is 5.65. The van der Waals surface area contributed by atoms with Gasteiger partial charge in [0.25, 0.3) is 0 Å². The molecule has 0 aliphatic rings. The summed E-state index contributed by atoms with van der Waals surface area (Å²) in [7, 11) is 0. The average Bonchev–Trinajstić information content (AvgIpc) is 3.56. The van der Waals surface area contributed by atoms with Gasteiger partial charge in [-0.15, -0.1) is 11.3 Å². The van der Waals surface area contributed by atoms with E-state index < -0.39 is 0 Å². The predicted molar refractivity (Wildman–Crippen MR) is 118 cm³/mol. The second-order valence-corrected chi connectivity index (χ2v) is 7.81. The van der Waals surface area contributed by atoms with Gasteiger partial charge in [-0.2, -0.15) is 10.2 Å². The van der Waals surface area contributed by atoms with Crippen LogP contribution in [-0.2, 0) is 17.9 Å². The lowest BCUT2D eigenvalue weighted by molar-refractivity contribution is -0.116. The van der Waals surface area contributed by atoms with Gasteiger partial charge >= 0.3 is 0 Å². The van der Waals surface area contributed by atoms with Crippen molar-refractivity contribution in [2.24, 2.45) is 0 Å². The van der Waals surface area contributed by atoms with Crippen molar-refractivity contribution in [1.29, 1.82) is 0 Å². The molecule has 0 fully saturated rings. The van der Waals surface area contributed by atoms with E-state index in [4.69, 9.17) is 4.42 Å². The summed E-state index contributed by atoms with van der Waals surface area (Å²) in [5.74, 6) is 0.515. The summed E-state index contributed by atoms with van der Waals surface area (Å²) in [4.78, 5) is 21.6. The largest absolute Gasteiger partial charge is 0.464 e. The maximum Gasteiger partial charge on any atom is 0.247 e. The SMILES string of the molecule is CCn1cc(-c2csc(NC(=O)Cn3nc(C)c4c(-c5ccco5)ccnc43)n2)cn1. The molecule has 0 aromatic carbocycles. The molecule has 0 bridgehead atoms. The zero-order chi connectivity index (χ0) is 21.4. The molecule has 5 aromatic rings. The molecule has 0 radical (unpaired) electrons. The molecular formula is C21H19N7O2S. The molecule has 5 rings (SSSR count). The molecule has 156 valence electrons. The number of aromatic nitrogens is 6. The number of furan rings is 1. The fourth-order valence-electron chi connectivity index (χ4n) is 3.46. The third kappa shape index (κ3) is 3.61.